The maximum absolute atomic E-state index is 13.2. The van der Waals surface area contributed by atoms with Gasteiger partial charge in [-0.05, 0) is 33.6 Å². The van der Waals surface area contributed by atoms with E-state index in [-0.39, 0.29) is 11.6 Å². The van der Waals surface area contributed by atoms with Gasteiger partial charge in [0.25, 0.3) is 0 Å². The average molecular weight is 306 g/mol. The molecule has 0 aliphatic rings. The quantitative estimate of drug-likeness (QED) is 0.620. The molecular formula is C10H7BrClFN2O. The summed E-state index contributed by atoms with van der Waals surface area (Å²) in [5, 5.41) is 11.4. The van der Waals surface area contributed by atoms with Crippen molar-refractivity contribution in [1.82, 2.24) is 4.68 Å². The minimum atomic E-state index is -0.486. The Balaban J connectivity index is 2.31. The van der Waals surface area contributed by atoms with E-state index in [1.54, 1.807) is 12.1 Å². The number of nitrogens with zero attached hydrogens (tertiary/aromatic N) is 2. The smallest absolute Gasteiger partial charge is 0.210 e. The summed E-state index contributed by atoms with van der Waals surface area (Å²) in [7, 11) is 0. The van der Waals surface area contributed by atoms with Crippen LogP contribution >= 0.6 is 27.5 Å². The molecule has 2 aromatic rings. The fraction of sp³-hybridized carbons (Fsp3) is 0.100. The summed E-state index contributed by atoms with van der Waals surface area (Å²) in [6, 6.07) is 6.09. The fourth-order valence-corrected chi connectivity index (χ4v) is 1.86. The van der Waals surface area contributed by atoms with Crippen LogP contribution < -0.4 is 4.85 Å². The number of hydrogen-bond donors (Lipinski definition) is 0. The first kappa shape index (κ1) is 11.4. The lowest BCUT2D eigenvalue weighted by Crippen LogP contribution is -2.36. The third-order valence-electron chi connectivity index (χ3n) is 2.14. The van der Waals surface area contributed by atoms with Crippen LogP contribution in [0.25, 0.3) is 0 Å². The average Bonchev–Trinajstić information content (AvgIpc) is 2.55. The summed E-state index contributed by atoms with van der Waals surface area (Å²) in [4.78, 5) is 0.677. The third kappa shape index (κ3) is 2.20. The second-order valence-electron chi connectivity index (χ2n) is 3.25. The van der Waals surface area contributed by atoms with Crippen LogP contribution in [0.2, 0.25) is 5.02 Å². The molecule has 2 rings (SSSR count). The number of rotatable bonds is 2. The monoisotopic (exact) mass is 304 g/mol. The Morgan fingerprint density at radius 1 is 1.44 bits per heavy atom. The Labute approximate surface area is 105 Å². The van der Waals surface area contributed by atoms with Crippen molar-refractivity contribution in [3.05, 3.63) is 56.7 Å². The number of hydrogen-bond acceptors (Lipinski definition) is 1. The van der Waals surface area contributed by atoms with Gasteiger partial charge in [-0.1, -0.05) is 22.5 Å². The first-order chi connectivity index (χ1) is 7.58. The molecule has 1 aromatic heterocycles. The van der Waals surface area contributed by atoms with Crippen LogP contribution in [0.1, 0.15) is 5.56 Å². The van der Waals surface area contributed by atoms with Gasteiger partial charge in [-0.15, -0.1) is 4.68 Å². The van der Waals surface area contributed by atoms with Crippen LogP contribution in [0, 0.1) is 11.0 Å². The molecule has 1 aromatic carbocycles. The minimum Gasteiger partial charge on any atom is -0.596 e. The standard InChI is InChI=1S/C10H7BrClFN2O/c11-10-3-4-15(16)14(10)6-7-1-2-8(12)9(13)5-7/h1-5H,6H2. The summed E-state index contributed by atoms with van der Waals surface area (Å²) >= 11 is 8.80. The maximum Gasteiger partial charge on any atom is 0.210 e. The van der Waals surface area contributed by atoms with E-state index in [1.807, 2.05) is 0 Å². The van der Waals surface area contributed by atoms with Crippen LogP contribution in [0.3, 0.4) is 0 Å². The Bertz CT molecular complexity index is 510. The Kier molecular flexibility index (Phi) is 3.16. The zero-order valence-electron chi connectivity index (χ0n) is 8.03. The lowest BCUT2D eigenvalue weighted by molar-refractivity contribution is -0.694. The van der Waals surface area contributed by atoms with Crippen LogP contribution in [-0.4, -0.2) is 4.68 Å². The number of halogens is 3. The van der Waals surface area contributed by atoms with E-state index in [4.69, 9.17) is 11.6 Å². The molecule has 16 heavy (non-hydrogen) atoms. The normalized spacial score (nSPS) is 10.7. The van der Waals surface area contributed by atoms with E-state index in [9.17, 15) is 9.60 Å². The van der Waals surface area contributed by atoms with Gasteiger partial charge in [0.15, 0.2) is 0 Å². The van der Waals surface area contributed by atoms with Gasteiger partial charge < -0.3 is 5.21 Å². The highest BCUT2D eigenvalue weighted by Crippen LogP contribution is 2.17. The molecule has 0 unspecified atom stereocenters. The molecular weight excluding hydrogens is 298 g/mol. The van der Waals surface area contributed by atoms with Gasteiger partial charge in [0.1, 0.15) is 17.0 Å². The predicted octanol–water partition coefficient (Wildman–Crippen LogP) is 2.72. The van der Waals surface area contributed by atoms with E-state index in [0.29, 0.717) is 15.0 Å². The zero-order valence-corrected chi connectivity index (χ0v) is 10.4. The van der Waals surface area contributed by atoms with Crippen LogP contribution in [0.4, 0.5) is 4.39 Å². The van der Waals surface area contributed by atoms with Crippen molar-refractivity contribution in [3.8, 4) is 0 Å². The van der Waals surface area contributed by atoms with E-state index in [0.717, 1.165) is 0 Å². The van der Waals surface area contributed by atoms with Gasteiger partial charge >= 0.3 is 0 Å². The minimum absolute atomic E-state index is 0.0744. The molecule has 0 aliphatic heterocycles. The second kappa shape index (κ2) is 4.43. The lowest BCUT2D eigenvalue weighted by Gasteiger charge is -2.05. The van der Waals surface area contributed by atoms with Crippen LogP contribution in [0.15, 0.2) is 35.1 Å². The molecule has 0 atom stereocenters. The van der Waals surface area contributed by atoms with Crippen LogP contribution in [0.5, 0.6) is 0 Å². The van der Waals surface area contributed by atoms with Crippen molar-refractivity contribution in [2.75, 3.05) is 0 Å². The Morgan fingerprint density at radius 3 is 2.75 bits per heavy atom. The van der Waals surface area contributed by atoms with Gasteiger partial charge in [-0.3, -0.25) is 0 Å². The van der Waals surface area contributed by atoms with Crippen molar-refractivity contribution < 1.29 is 9.24 Å². The molecule has 6 heteroatoms. The summed E-state index contributed by atoms with van der Waals surface area (Å²) in [5.74, 6) is -0.486. The fourth-order valence-electron chi connectivity index (χ4n) is 1.34. The number of aromatic nitrogens is 2. The first-order valence-electron chi connectivity index (χ1n) is 4.46. The van der Waals surface area contributed by atoms with Gasteiger partial charge in [0, 0.05) is 6.07 Å². The molecule has 0 saturated heterocycles. The molecule has 0 radical (unpaired) electrons. The summed E-state index contributed by atoms with van der Waals surface area (Å²) in [6.45, 7) is 0.283. The van der Waals surface area contributed by atoms with Crippen molar-refractivity contribution in [3.63, 3.8) is 0 Å². The van der Waals surface area contributed by atoms with Gasteiger partial charge in [-0.25, -0.2) is 4.39 Å². The van der Waals surface area contributed by atoms with Crippen molar-refractivity contribution in [1.29, 1.82) is 0 Å². The molecule has 0 N–H and O–H groups in total. The third-order valence-corrected chi connectivity index (χ3v) is 3.12. The summed E-state index contributed by atoms with van der Waals surface area (Å²) in [6.07, 6.45) is 1.37. The molecule has 1 heterocycles. The van der Waals surface area contributed by atoms with Gasteiger partial charge in [-0.2, -0.15) is 0 Å². The zero-order chi connectivity index (χ0) is 11.7. The van der Waals surface area contributed by atoms with Gasteiger partial charge in [0.05, 0.1) is 5.02 Å². The molecule has 0 spiro atoms. The SMILES string of the molecule is [O-][n+]1ccc(Br)n1Cc1ccc(Cl)c(F)c1. The molecule has 0 amide bonds. The molecule has 0 fully saturated rings. The lowest BCUT2D eigenvalue weighted by atomic mass is 10.2. The van der Waals surface area contributed by atoms with E-state index < -0.39 is 5.82 Å². The predicted molar refractivity (Wildman–Crippen MR) is 61.6 cm³/mol. The van der Waals surface area contributed by atoms with Crippen molar-refractivity contribution in [2.45, 2.75) is 6.54 Å². The van der Waals surface area contributed by atoms with Crippen molar-refractivity contribution in [2.24, 2.45) is 0 Å². The second-order valence-corrected chi connectivity index (χ2v) is 4.47. The van der Waals surface area contributed by atoms with Crippen molar-refractivity contribution >= 4 is 27.5 Å². The Hall–Kier alpha value is -1.07. The van der Waals surface area contributed by atoms with E-state index >= 15 is 0 Å². The summed E-state index contributed by atoms with van der Waals surface area (Å²) < 4.78 is 15.2. The number of benzene rings is 1. The van der Waals surface area contributed by atoms with Crippen LogP contribution in [-0.2, 0) is 6.54 Å². The topological polar surface area (TPSA) is 31.9 Å². The summed E-state index contributed by atoms with van der Waals surface area (Å²) in [5.41, 5.74) is 0.670. The highest BCUT2D eigenvalue weighted by Gasteiger charge is 2.09. The van der Waals surface area contributed by atoms with E-state index in [1.165, 1.54) is 23.0 Å². The highest BCUT2D eigenvalue weighted by atomic mass is 79.9. The van der Waals surface area contributed by atoms with Gasteiger partial charge in [0.2, 0.25) is 6.20 Å². The Morgan fingerprint density at radius 2 is 2.19 bits per heavy atom. The first-order valence-corrected chi connectivity index (χ1v) is 5.63. The maximum atomic E-state index is 13.2. The van der Waals surface area contributed by atoms with E-state index in [2.05, 4.69) is 15.9 Å². The molecule has 0 aliphatic carbocycles. The molecule has 3 nitrogen and oxygen atoms in total. The molecule has 84 valence electrons. The highest BCUT2D eigenvalue weighted by molar-refractivity contribution is 9.10. The molecule has 0 saturated carbocycles. The largest absolute Gasteiger partial charge is 0.596 e. The molecule has 0 bridgehead atoms.